The highest BCUT2D eigenvalue weighted by atomic mass is 16.2. The minimum absolute atomic E-state index is 0.0565. The van der Waals surface area contributed by atoms with Crippen LogP contribution in [0, 0.1) is 0 Å². The Bertz CT molecular complexity index is 621. The molecule has 3 rings (SSSR count). The standard InChI is InChI=1S/C15H20N6O/c1-12(9-21-11-16-10-18-21)19-14-13(5-4-6-17-14)15(22)20-7-2-3-8-20/h4-6,10-12H,2-3,7-9H2,1H3,(H,17,19). The van der Waals surface area contributed by atoms with E-state index in [1.165, 1.54) is 6.33 Å². The van der Waals surface area contributed by atoms with E-state index in [9.17, 15) is 4.79 Å². The molecule has 1 atom stereocenters. The van der Waals surface area contributed by atoms with Gasteiger partial charge in [0.25, 0.3) is 5.91 Å². The first-order valence-corrected chi connectivity index (χ1v) is 7.57. The van der Waals surface area contributed by atoms with Crippen molar-refractivity contribution in [1.29, 1.82) is 0 Å². The van der Waals surface area contributed by atoms with Crippen molar-refractivity contribution >= 4 is 11.7 Å². The van der Waals surface area contributed by atoms with E-state index < -0.39 is 0 Å². The van der Waals surface area contributed by atoms with Crippen molar-refractivity contribution in [3.8, 4) is 0 Å². The first kappa shape index (κ1) is 14.5. The van der Waals surface area contributed by atoms with Crippen molar-refractivity contribution in [2.45, 2.75) is 32.4 Å². The molecule has 2 aromatic heterocycles. The van der Waals surface area contributed by atoms with Crippen molar-refractivity contribution in [2.24, 2.45) is 0 Å². The molecule has 0 aliphatic carbocycles. The summed E-state index contributed by atoms with van der Waals surface area (Å²) in [5.74, 6) is 0.688. The highest BCUT2D eigenvalue weighted by molar-refractivity contribution is 5.98. The highest BCUT2D eigenvalue weighted by Gasteiger charge is 2.22. The third-order valence-corrected chi connectivity index (χ3v) is 3.74. The molecule has 0 aromatic carbocycles. The minimum atomic E-state index is 0.0565. The van der Waals surface area contributed by atoms with Gasteiger partial charge < -0.3 is 10.2 Å². The number of carbonyl (C=O) groups excluding carboxylic acids is 1. The summed E-state index contributed by atoms with van der Waals surface area (Å²) in [6, 6.07) is 3.72. The molecule has 0 spiro atoms. The van der Waals surface area contributed by atoms with E-state index in [0.717, 1.165) is 25.9 Å². The SMILES string of the molecule is CC(Cn1cncn1)Nc1ncccc1C(=O)N1CCCC1. The van der Waals surface area contributed by atoms with E-state index in [2.05, 4.69) is 20.4 Å². The Morgan fingerprint density at radius 1 is 1.41 bits per heavy atom. The molecule has 1 unspecified atom stereocenters. The number of pyridine rings is 1. The van der Waals surface area contributed by atoms with Crippen LogP contribution in [0.2, 0.25) is 0 Å². The summed E-state index contributed by atoms with van der Waals surface area (Å²) in [7, 11) is 0. The maximum atomic E-state index is 12.6. The molecule has 1 aliphatic rings. The van der Waals surface area contributed by atoms with Crippen molar-refractivity contribution in [1.82, 2.24) is 24.6 Å². The first-order valence-electron chi connectivity index (χ1n) is 7.57. The van der Waals surface area contributed by atoms with Crippen LogP contribution in [0.4, 0.5) is 5.82 Å². The lowest BCUT2D eigenvalue weighted by molar-refractivity contribution is 0.0793. The number of hydrogen-bond donors (Lipinski definition) is 1. The fourth-order valence-corrected chi connectivity index (χ4v) is 2.67. The Labute approximate surface area is 129 Å². The third kappa shape index (κ3) is 3.24. The molecule has 7 heteroatoms. The molecule has 1 amide bonds. The number of amides is 1. The summed E-state index contributed by atoms with van der Waals surface area (Å²) >= 11 is 0. The molecule has 116 valence electrons. The summed E-state index contributed by atoms with van der Waals surface area (Å²) in [6.07, 6.45) is 7.04. The predicted octanol–water partition coefficient (Wildman–Crippen LogP) is 1.41. The molecular weight excluding hydrogens is 280 g/mol. The molecule has 0 radical (unpaired) electrons. The molecule has 1 N–H and O–H groups in total. The van der Waals surface area contributed by atoms with Crippen LogP contribution in [0.5, 0.6) is 0 Å². The number of carbonyl (C=O) groups is 1. The predicted molar refractivity (Wildman–Crippen MR) is 82.5 cm³/mol. The lowest BCUT2D eigenvalue weighted by Crippen LogP contribution is -2.30. The summed E-state index contributed by atoms with van der Waals surface area (Å²) in [6.45, 7) is 4.36. The average Bonchev–Trinajstić information content (AvgIpc) is 3.20. The lowest BCUT2D eigenvalue weighted by Gasteiger charge is -2.20. The van der Waals surface area contributed by atoms with Crippen LogP contribution in [0.3, 0.4) is 0 Å². The van der Waals surface area contributed by atoms with Gasteiger partial charge in [-0.3, -0.25) is 9.48 Å². The third-order valence-electron chi connectivity index (χ3n) is 3.74. The van der Waals surface area contributed by atoms with E-state index >= 15 is 0 Å². The number of nitrogens with zero attached hydrogens (tertiary/aromatic N) is 5. The van der Waals surface area contributed by atoms with Crippen molar-refractivity contribution in [3.63, 3.8) is 0 Å². The van der Waals surface area contributed by atoms with Gasteiger partial charge in [0.2, 0.25) is 0 Å². The molecular formula is C15H20N6O. The van der Waals surface area contributed by atoms with E-state index in [-0.39, 0.29) is 11.9 Å². The molecule has 2 aromatic rings. The molecule has 7 nitrogen and oxygen atoms in total. The maximum Gasteiger partial charge on any atom is 0.257 e. The number of rotatable bonds is 5. The molecule has 22 heavy (non-hydrogen) atoms. The normalized spacial score (nSPS) is 15.8. The summed E-state index contributed by atoms with van der Waals surface area (Å²) < 4.78 is 1.75. The van der Waals surface area contributed by atoms with Crippen LogP contribution < -0.4 is 5.32 Å². The molecule has 3 heterocycles. The molecule has 0 saturated carbocycles. The maximum absolute atomic E-state index is 12.6. The van der Waals surface area contributed by atoms with Gasteiger partial charge in [-0.1, -0.05) is 0 Å². The van der Waals surface area contributed by atoms with Crippen LogP contribution in [0.1, 0.15) is 30.1 Å². The van der Waals surface area contributed by atoms with Gasteiger partial charge in [-0.15, -0.1) is 0 Å². The zero-order valence-electron chi connectivity index (χ0n) is 12.6. The van der Waals surface area contributed by atoms with Gasteiger partial charge in [0.15, 0.2) is 0 Å². The molecule has 1 aliphatic heterocycles. The lowest BCUT2D eigenvalue weighted by atomic mass is 10.2. The minimum Gasteiger partial charge on any atom is -0.365 e. The fraction of sp³-hybridized carbons (Fsp3) is 0.467. The van der Waals surface area contributed by atoms with Crippen LogP contribution in [-0.2, 0) is 6.54 Å². The fourth-order valence-electron chi connectivity index (χ4n) is 2.67. The Morgan fingerprint density at radius 2 is 2.23 bits per heavy atom. The second-order valence-electron chi connectivity index (χ2n) is 5.56. The van der Waals surface area contributed by atoms with Gasteiger partial charge in [-0.05, 0) is 31.9 Å². The van der Waals surface area contributed by atoms with Gasteiger partial charge >= 0.3 is 0 Å². The van der Waals surface area contributed by atoms with E-state index in [1.54, 1.807) is 23.3 Å². The van der Waals surface area contributed by atoms with Crippen molar-refractivity contribution in [3.05, 3.63) is 36.5 Å². The zero-order valence-corrected chi connectivity index (χ0v) is 12.6. The Kier molecular flexibility index (Phi) is 4.32. The highest BCUT2D eigenvalue weighted by Crippen LogP contribution is 2.18. The topological polar surface area (TPSA) is 75.9 Å². The number of aromatic nitrogens is 4. The van der Waals surface area contributed by atoms with Gasteiger partial charge in [-0.2, -0.15) is 5.10 Å². The number of likely N-dealkylation sites (tertiary alicyclic amines) is 1. The van der Waals surface area contributed by atoms with Gasteiger partial charge in [0.05, 0.1) is 12.1 Å². The second kappa shape index (κ2) is 6.55. The zero-order chi connectivity index (χ0) is 15.4. The molecule has 0 bridgehead atoms. The van der Waals surface area contributed by atoms with E-state index in [0.29, 0.717) is 17.9 Å². The Balaban J connectivity index is 1.71. The number of nitrogens with one attached hydrogen (secondary N) is 1. The van der Waals surface area contributed by atoms with Gasteiger partial charge in [0.1, 0.15) is 18.5 Å². The molecule has 1 fully saturated rings. The van der Waals surface area contributed by atoms with Gasteiger partial charge in [0, 0.05) is 25.3 Å². The van der Waals surface area contributed by atoms with Crippen molar-refractivity contribution in [2.75, 3.05) is 18.4 Å². The largest absolute Gasteiger partial charge is 0.365 e. The average molecular weight is 300 g/mol. The first-order chi connectivity index (χ1) is 10.7. The summed E-state index contributed by atoms with van der Waals surface area (Å²) in [5, 5.41) is 7.39. The number of hydrogen-bond acceptors (Lipinski definition) is 5. The monoisotopic (exact) mass is 300 g/mol. The van der Waals surface area contributed by atoms with Crippen molar-refractivity contribution < 1.29 is 4.79 Å². The Hall–Kier alpha value is -2.44. The van der Waals surface area contributed by atoms with Crippen LogP contribution in [0.15, 0.2) is 31.0 Å². The second-order valence-corrected chi connectivity index (χ2v) is 5.56. The number of anilines is 1. The van der Waals surface area contributed by atoms with Crippen LogP contribution in [-0.4, -0.2) is 49.7 Å². The summed E-state index contributed by atoms with van der Waals surface area (Å²) in [4.78, 5) is 22.7. The van der Waals surface area contributed by atoms with E-state index in [4.69, 9.17) is 0 Å². The summed E-state index contributed by atoms with van der Waals surface area (Å²) in [5.41, 5.74) is 0.634. The molecule has 1 saturated heterocycles. The quantitative estimate of drug-likeness (QED) is 0.903. The van der Waals surface area contributed by atoms with E-state index in [1.807, 2.05) is 17.9 Å². The van der Waals surface area contributed by atoms with Crippen LogP contribution in [0.25, 0.3) is 0 Å². The Morgan fingerprint density at radius 3 is 2.95 bits per heavy atom. The smallest absolute Gasteiger partial charge is 0.257 e. The van der Waals surface area contributed by atoms with Crippen LogP contribution >= 0.6 is 0 Å². The van der Waals surface area contributed by atoms with Gasteiger partial charge in [-0.25, -0.2) is 9.97 Å².